The molecule has 0 aliphatic rings. The molecule has 3 rings (SSSR count). The van der Waals surface area contributed by atoms with Crippen molar-refractivity contribution in [3.8, 4) is 5.75 Å². The Kier molecular flexibility index (Phi) is 1.57. The summed E-state index contributed by atoms with van der Waals surface area (Å²) < 4.78 is 0. The van der Waals surface area contributed by atoms with Gasteiger partial charge in [-0.25, -0.2) is 0 Å². The number of nitrogens with one attached hydrogen (secondary N) is 1. The topological polar surface area (TPSA) is 36.0 Å². The van der Waals surface area contributed by atoms with Crippen LogP contribution in [0.15, 0.2) is 36.4 Å². The second-order valence-corrected chi connectivity index (χ2v) is 3.66. The van der Waals surface area contributed by atoms with Gasteiger partial charge in [0.25, 0.3) is 0 Å². The molecule has 0 amide bonds. The van der Waals surface area contributed by atoms with E-state index in [1.807, 2.05) is 24.3 Å². The fraction of sp³-hybridized carbons (Fsp3) is 0. The fourth-order valence-electron chi connectivity index (χ4n) is 1.91. The maximum atomic E-state index is 9.37. The lowest BCUT2D eigenvalue weighted by atomic mass is 9.94. The molecule has 0 unspecified atom stereocenters. The van der Waals surface area contributed by atoms with Crippen molar-refractivity contribution in [2.75, 3.05) is 0 Å². The zero-order valence-corrected chi connectivity index (χ0v) is 7.99. The Balaban J connectivity index is 2.53. The van der Waals surface area contributed by atoms with E-state index in [0.717, 1.165) is 27.3 Å². The summed E-state index contributed by atoms with van der Waals surface area (Å²) in [4.78, 5) is 3.23. The van der Waals surface area contributed by atoms with Gasteiger partial charge < -0.3 is 10.1 Å². The third-order valence-electron chi connectivity index (χ3n) is 2.61. The number of benzene rings is 2. The molecule has 0 bridgehead atoms. The van der Waals surface area contributed by atoms with E-state index in [2.05, 4.69) is 4.98 Å². The largest absolute Gasteiger partial charge is 0.508 e. The van der Waals surface area contributed by atoms with Crippen LogP contribution < -0.4 is 5.46 Å². The lowest BCUT2D eigenvalue weighted by molar-refractivity contribution is 0.476. The number of aromatic hydroxyl groups is 1. The van der Waals surface area contributed by atoms with Crippen molar-refractivity contribution in [3.63, 3.8) is 0 Å². The third-order valence-corrected chi connectivity index (χ3v) is 2.61. The Hall–Kier alpha value is -1.90. The molecule has 0 saturated heterocycles. The van der Waals surface area contributed by atoms with E-state index in [1.165, 1.54) is 0 Å². The van der Waals surface area contributed by atoms with Gasteiger partial charge in [0.15, 0.2) is 0 Å². The van der Waals surface area contributed by atoms with Crippen molar-refractivity contribution in [2.45, 2.75) is 0 Å². The molecule has 2 aromatic carbocycles. The number of phenols is 1. The Morgan fingerprint density at radius 1 is 0.933 bits per heavy atom. The summed E-state index contributed by atoms with van der Waals surface area (Å²) in [6.45, 7) is 0. The summed E-state index contributed by atoms with van der Waals surface area (Å²) >= 11 is 0. The minimum absolute atomic E-state index is 0.266. The van der Waals surface area contributed by atoms with Gasteiger partial charge in [-0.3, -0.25) is 0 Å². The number of hydrogen-bond acceptors (Lipinski definition) is 1. The molecule has 0 atom stereocenters. The van der Waals surface area contributed by atoms with Crippen molar-refractivity contribution in [1.29, 1.82) is 0 Å². The highest BCUT2D eigenvalue weighted by Crippen LogP contribution is 2.26. The molecular weight excluding hydrogens is 185 g/mol. The highest BCUT2D eigenvalue weighted by molar-refractivity contribution is 6.33. The molecule has 1 aromatic heterocycles. The SMILES string of the molecule is [B]c1ccc2[nH]c3cc(O)ccc3c2c1. The Labute approximate surface area is 87.9 Å². The fourth-order valence-corrected chi connectivity index (χ4v) is 1.91. The van der Waals surface area contributed by atoms with Crippen molar-refractivity contribution < 1.29 is 5.11 Å². The molecule has 15 heavy (non-hydrogen) atoms. The smallest absolute Gasteiger partial charge is 0.117 e. The van der Waals surface area contributed by atoms with Crippen molar-refractivity contribution in [2.24, 2.45) is 0 Å². The molecule has 2 radical (unpaired) electrons. The summed E-state index contributed by atoms with van der Waals surface area (Å²) in [5, 5.41) is 11.5. The van der Waals surface area contributed by atoms with E-state index < -0.39 is 0 Å². The second-order valence-electron chi connectivity index (χ2n) is 3.66. The van der Waals surface area contributed by atoms with Gasteiger partial charge in [-0.05, 0) is 18.2 Å². The minimum Gasteiger partial charge on any atom is -0.508 e. The molecular formula is C12H8BNO. The summed E-state index contributed by atoms with van der Waals surface area (Å²) in [5.41, 5.74) is 2.71. The van der Waals surface area contributed by atoms with Gasteiger partial charge in [0.1, 0.15) is 13.6 Å². The molecule has 0 aliphatic carbocycles. The maximum Gasteiger partial charge on any atom is 0.117 e. The van der Waals surface area contributed by atoms with Crippen LogP contribution in [0.5, 0.6) is 5.75 Å². The maximum absolute atomic E-state index is 9.37. The number of H-pyrrole nitrogens is 1. The summed E-state index contributed by atoms with van der Waals surface area (Å²) in [6.07, 6.45) is 0. The zero-order valence-electron chi connectivity index (χ0n) is 7.99. The number of phenolic OH excluding ortho intramolecular Hbond substituents is 1. The van der Waals surface area contributed by atoms with E-state index in [1.54, 1.807) is 12.1 Å². The number of rotatable bonds is 0. The van der Waals surface area contributed by atoms with Gasteiger partial charge in [-0.15, -0.1) is 0 Å². The molecule has 2 nitrogen and oxygen atoms in total. The first-order chi connectivity index (χ1) is 7.24. The van der Waals surface area contributed by atoms with Gasteiger partial charge >= 0.3 is 0 Å². The van der Waals surface area contributed by atoms with E-state index >= 15 is 0 Å². The number of hydrogen-bond donors (Lipinski definition) is 2. The number of fused-ring (bicyclic) bond motifs is 3. The van der Waals surface area contributed by atoms with E-state index in [4.69, 9.17) is 7.85 Å². The Bertz CT molecular complexity index is 657. The van der Waals surface area contributed by atoms with Crippen molar-refractivity contribution in [3.05, 3.63) is 36.4 Å². The van der Waals surface area contributed by atoms with E-state index in [0.29, 0.717) is 0 Å². The van der Waals surface area contributed by atoms with Crippen LogP contribution in [0, 0.1) is 0 Å². The average molecular weight is 193 g/mol. The third kappa shape index (κ3) is 1.20. The van der Waals surface area contributed by atoms with Gasteiger partial charge in [0, 0.05) is 22.4 Å². The first kappa shape index (κ1) is 8.42. The number of aromatic amines is 1. The van der Waals surface area contributed by atoms with Crippen LogP contribution in [-0.2, 0) is 0 Å². The number of aromatic nitrogens is 1. The van der Waals surface area contributed by atoms with Crippen LogP contribution in [-0.4, -0.2) is 17.9 Å². The summed E-state index contributed by atoms with van der Waals surface area (Å²) in [7, 11) is 5.74. The molecule has 2 N–H and O–H groups in total. The molecule has 3 aromatic rings. The van der Waals surface area contributed by atoms with Crippen LogP contribution >= 0.6 is 0 Å². The molecule has 0 saturated carbocycles. The standard InChI is InChI=1S/C12H8BNO/c13-7-1-4-11-10(5-7)9-3-2-8(15)6-12(9)14-11/h1-6,14-15H. The highest BCUT2D eigenvalue weighted by Gasteiger charge is 2.04. The van der Waals surface area contributed by atoms with Gasteiger partial charge in [0.05, 0.1) is 5.52 Å². The molecule has 0 spiro atoms. The zero-order chi connectivity index (χ0) is 10.4. The predicted octanol–water partition coefficient (Wildman–Crippen LogP) is 1.82. The van der Waals surface area contributed by atoms with Crippen LogP contribution in [0.1, 0.15) is 0 Å². The van der Waals surface area contributed by atoms with Crippen molar-refractivity contribution >= 4 is 35.1 Å². The normalized spacial score (nSPS) is 11.2. The van der Waals surface area contributed by atoms with E-state index in [9.17, 15) is 5.11 Å². The molecule has 1 heterocycles. The monoisotopic (exact) mass is 193 g/mol. The predicted molar refractivity (Wildman–Crippen MR) is 62.9 cm³/mol. The quantitative estimate of drug-likeness (QED) is 0.525. The second kappa shape index (κ2) is 2.80. The molecule has 70 valence electrons. The first-order valence-electron chi connectivity index (χ1n) is 4.74. The van der Waals surface area contributed by atoms with Crippen LogP contribution in [0.3, 0.4) is 0 Å². The van der Waals surface area contributed by atoms with E-state index in [-0.39, 0.29) is 5.75 Å². The summed E-state index contributed by atoms with van der Waals surface area (Å²) in [5.74, 6) is 0.266. The van der Waals surface area contributed by atoms with Gasteiger partial charge in [-0.2, -0.15) is 0 Å². The Morgan fingerprint density at radius 2 is 1.80 bits per heavy atom. The molecule has 3 heteroatoms. The molecule has 0 aliphatic heterocycles. The van der Waals surface area contributed by atoms with Crippen LogP contribution in [0.25, 0.3) is 21.8 Å². The van der Waals surface area contributed by atoms with Crippen LogP contribution in [0.2, 0.25) is 0 Å². The van der Waals surface area contributed by atoms with Crippen LogP contribution in [0.4, 0.5) is 0 Å². The van der Waals surface area contributed by atoms with Gasteiger partial charge in [0.2, 0.25) is 0 Å². The lowest BCUT2D eigenvalue weighted by Crippen LogP contribution is -1.98. The highest BCUT2D eigenvalue weighted by atomic mass is 16.3. The average Bonchev–Trinajstić information content (AvgIpc) is 2.54. The van der Waals surface area contributed by atoms with Crippen molar-refractivity contribution in [1.82, 2.24) is 4.98 Å². The first-order valence-corrected chi connectivity index (χ1v) is 4.74. The summed E-state index contributed by atoms with van der Waals surface area (Å²) in [6, 6.07) is 11.0. The Morgan fingerprint density at radius 3 is 2.67 bits per heavy atom. The molecule has 0 fully saturated rings. The lowest BCUT2D eigenvalue weighted by Gasteiger charge is -1.94. The minimum atomic E-state index is 0.266. The van der Waals surface area contributed by atoms with Gasteiger partial charge in [-0.1, -0.05) is 17.6 Å².